The minimum atomic E-state index is -1.89. The van der Waals surface area contributed by atoms with Gasteiger partial charge in [-0.15, -0.1) is 12.4 Å². The van der Waals surface area contributed by atoms with Crippen LogP contribution in [0.25, 0.3) is 22.3 Å². The maximum Gasteiger partial charge on any atom is 0.343 e. The van der Waals surface area contributed by atoms with Crippen molar-refractivity contribution in [1.29, 1.82) is 0 Å². The SMILES string of the molecule is CCc1c2c(nc3cc(OCCCNC(=O)CNC(=O)[C@@H](N)Cc4ccccc4)ccc13)-c1cc3c(c(=O)n1C2)COC(=O)[C@]3(O)CC.Cl. The largest absolute Gasteiger partial charge is 0.493 e. The van der Waals surface area contributed by atoms with Crippen molar-refractivity contribution in [2.75, 3.05) is 19.7 Å². The van der Waals surface area contributed by atoms with Gasteiger partial charge >= 0.3 is 5.97 Å². The number of nitrogens with zero attached hydrogens (tertiary/aromatic N) is 2. The molecule has 0 saturated heterocycles. The molecular weight excluding hydrogens is 650 g/mol. The minimum Gasteiger partial charge on any atom is -0.493 e. The molecule has 2 amide bonds. The summed E-state index contributed by atoms with van der Waals surface area (Å²) in [4.78, 5) is 55.6. The third-order valence-electron chi connectivity index (χ3n) is 9.10. The number of fused-ring (bicyclic) bond motifs is 5. The van der Waals surface area contributed by atoms with Crippen molar-refractivity contribution in [1.82, 2.24) is 20.2 Å². The van der Waals surface area contributed by atoms with Gasteiger partial charge in [-0.1, -0.05) is 44.2 Å². The lowest BCUT2D eigenvalue weighted by atomic mass is 9.86. The first kappa shape index (κ1) is 35.5. The number of pyridine rings is 2. The molecule has 13 heteroatoms. The lowest BCUT2D eigenvalue weighted by molar-refractivity contribution is -0.172. The zero-order valence-electron chi connectivity index (χ0n) is 27.4. The van der Waals surface area contributed by atoms with Crippen molar-refractivity contribution in [3.8, 4) is 17.1 Å². The van der Waals surface area contributed by atoms with Gasteiger partial charge in [-0.05, 0) is 55.0 Å². The second-order valence-corrected chi connectivity index (χ2v) is 12.1. The number of carbonyl (C=O) groups is 3. The van der Waals surface area contributed by atoms with Gasteiger partial charge in [0.1, 0.15) is 12.4 Å². The third-order valence-corrected chi connectivity index (χ3v) is 9.10. The Bertz CT molecular complexity index is 1970. The molecule has 258 valence electrons. The van der Waals surface area contributed by atoms with E-state index in [-0.39, 0.29) is 60.5 Å². The van der Waals surface area contributed by atoms with E-state index in [1.54, 1.807) is 17.6 Å². The van der Waals surface area contributed by atoms with Crippen LogP contribution in [0.2, 0.25) is 0 Å². The van der Waals surface area contributed by atoms with E-state index in [4.69, 9.17) is 20.2 Å². The highest BCUT2D eigenvalue weighted by Gasteiger charge is 2.45. The molecule has 2 aliphatic rings. The van der Waals surface area contributed by atoms with Crippen molar-refractivity contribution in [3.05, 3.63) is 92.8 Å². The van der Waals surface area contributed by atoms with Crippen LogP contribution in [0.3, 0.4) is 0 Å². The topological polar surface area (TPSA) is 175 Å². The number of rotatable bonds is 12. The predicted octanol–water partition coefficient (Wildman–Crippen LogP) is 2.64. The van der Waals surface area contributed by atoms with Crippen molar-refractivity contribution in [3.63, 3.8) is 0 Å². The van der Waals surface area contributed by atoms with Crippen LogP contribution in [-0.4, -0.2) is 58.2 Å². The van der Waals surface area contributed by atoms with Crippen LogP contribution in [0.5, 0.6) is 5.75 Å². The second kappa shape index (κ2) is 14.8. The smallest absolute Gasteiger partial charge is 0.343 e. The molecular formula is C36H40ClN5O7. The van der Waals surface area contributed by atoms with Crippen LogP contribution < -0.4 is 26.7 Å². The summed E-state index contributed by atoms with van der Waals surface area (Å²) < 4.78 is 12.8. The van der Waals surface area contributed by atoms with Crippen LogP contribution in [0.4, 0.5) is 0 Å². The minimum absolute atomic E-state index is 0. The number of aliphatic hydroxyl groups is 1. The van der Waals surface area contributed by atoms with Gasteiger partial charge in [0.15, 0.2) is 5.60 Å². The molecule has 4 heterocycles. The Morgan fingerprint density at radius 3 is 2.61 bits per heavy atom. The molecule has 0 radical (unpaired) electrons. The van der Waals surface area contributed by atoms with Crippen LogP contribution >= 0.6 is 12.4 Å². The highest BCUT2D eigenvalue weighted by atomic mass is 35.5. The standard InChI is InChI=1S/C36H39N5O7.ClH/c1-3-23-24-12-11-22(47-14-8-13-38-31(42)18-39-33(43)28(37)15-21-9-6-5-7-10-21)16-29(24)40-32-25(23)19-41-30(32)17-27-26(34(41)44)20-48-35(45)36(27,46)4-2;/h5-7,9-12,16-17,28,46H,3-4,8,13-15,18-20,37H2,1-2H3,(H,38,42)(H,39,43);1H/t28-,36-;/m0./s1. The quantitative estimate of drug-likeness (QED) is 0.113. The number of amides is 2. The van der Waals surface area contributed by atoms with Crippen LogP contribution in [-0.2, 0) is 50.7 Å². The fourth-order valence-electron chi connectivity index (χ4n) is 6.45. The highest BCUT2D eigenvalue weighted by Crippen LogP contribution is 2.40. The summed E-state index contributed by atoms with van der Waals surface area (Å²) in [6, 6.07) is 16.1. The van der Waals surface area contributed by atoms with Gasteiger partial charge in [0, 0.05) is 29.1 Å². The highest BCUT2D eigenvalue weighted by molar-refractivity contribution is 5.90. The van der Waals surface area contributed by atoms with Crippen molar-refractivity contribution in [2.24, 2.45) is 5.73 Å². The Labute approximate surface area is 289 Å². The zero-order valence-corrected chi connectivity index (χ0v) is 28.2. The van der Waals surface area contributed by atoms with E-state index in [0.717, 1.165) is 22.1 Å². The zero-order chi connectivity index (χ0) is 34.0. The van der Waals surface area contributed by atoms with E-state index in [1.807, 2.05) is 48.5 Å². The maximum absolute atomic E-state index is 13.6. The summed E-state index contributed by atoms with van der Waals surface area (Å²) in [6.45, 7) is 4.43. The van der Waals surface area contributed by atoms with Crippen molar-refractivity contribution >= 4 is 41.1 Å². The van der Waals surface area contributed by atoms with Gasteiger partial charge in [0.25, 0.3) is 5.56 Å². The van der Waals surface area contributed by atoms with E-state index in [2.05, 4.69) is 17.6 Å². The number of aryl methyl sites for hydroxylation is 1. The Morgan fingerprint density at radius 1 is 1.10 bits per heavy atom. The number of hydrogen-bond donors (Lipinski definition) is 4. The van der Waals surface area contributed by atoms with Crippen LogP contribution in [0, 0.1) is 0 Å². The molecule has 4 aromatic rings. The van der Waals surface area contributed by atoms with Gasteiger partial charge < -0.3 is 35.5 Å². The van der Waals surface area contributed by atoms with E-state index >= 15 is 0 Å². The maximum atomic E-state index is 13.6. The molecule has 49 heavy (non-hydrogen) atoms. The monoisotopic (exact) mass is 689 g/mol. The Hall–Kier alpha value is -4.78. The molecule has 6 rings (SSSR count). The van der Waals surface area contributed by atoms with E-state index in [1.165, 1.54) is 0 Å². The molecule has 0 unspecified atom stereocenters. The number of ether oxygens (including phenoxy) is 2. The van der Waals surface area contributed by atoms with E-state index < -0.39 is 17.6 Å². The number of cyclic esters (lactones) is 1. The van der Waals surface area contributed by atoms with Gasteiger partial charge in [-0.2, -0.15) is 0 Å². The fraction of sp³-hybridized carbons (Fsp3) is 0.361. The number of hydrogen-bond acceptors (Lipinski definition) is 9. The molecule has 2 aromatic heterocycles. The first-order valence-electron chi connectivity index (χ1n) is 16.2. The number of halogens is 1. The van der Waals surface area contributed by atoms with Crippen LogP contribution in [0.15, 0.2) is 59.4 Å². The number of carbonyl (C=O) groups excluding carboxylic acids is 3. The average Bonchev–Trinajstić information content (AvgIpc) is 3.46. The number of aromatic nitrogens is 2. The van der Waals surface area contributed by atoms with Crippen molar-refractivity contribution < 1.29 is 29.0 Å². The summed E-state index contributed by atoms with van der Waals surface area (Å²) in [5.74, 6) is -0.859. The molecule has 0 bridgehead atoms. The fourth-order valence-corrected chi connectivity index (χ4v) is 6.45. The van der Waals surface area contributed by atoms with Gasteiger partial charge in [0.2, 0.25) is 11.8 Å². The second-order valence-electron chi connectivity index (χ2n) is 12.1. The number of nitrogens with one attached hydrogen (secondary N) is 2. The molecule has 2 aromatic carbocycles. The summed E-state index contributed by atoms with van der Waals surface area (Å²) in [5.41, 5.74) is 9.21. The summed E-state index contributed by atoms with van der Waals surface area (Å²) in [7, 11) is 0. The lowest BCUT2D eigenvalue weighted by Crippen LogP contribution is -2.46. The average molecular weight is 690 g/mol. The molecule has 2 atom stereocenters. The number of nitrogens with two attached hydrogens (primary N) is 1. The summed E-state index contributed by atoms with van der Waals surface area (Å²) in [5, 5.41) is 17.5. The molecule has 0 fully saturated rings. The van der Waals surface area contributed by atoms with Gasteiger partial charge in [-0.25, -0.2) is 9.78 Å². The molecule has 12 nitrogen and oxygen atoms in total. The lowest BCUT2D eigenvalue weighted by Gasteiger charge is -2.31. The Kier molecular flexibility index (Phi) is 10.7. The Balaban J connectivity index is 0.00000468. The first-order valence-corrected chi connectivity index (χ1v) is 16.2. The van der Waals surface area contributed by atoms with E-state index in [0.29, 0.717) is 61.6 Å². The molecule has 5 N–H and O–H groups in total. The molecule has 0 saturated carbocycles. The number of benzene rings is 2. The van der Waals surface area contributed by atoms with Gasteiger partial charge in [0.05, 0.1) is 48.2 Å². The van der Waals surface area contributed by atoms with E-state index in [9.17, 15) is 24.3 Å². The predicted molar refractivity (Wildman–Crippen MR) is 185 cm³/mol. The van der Waals surface area contributed by atoms with Gasteiger partial charge in [-0.3, -0.25) is 14.4 Å². The van der Waals surface area contributed by atoms with Crippen LogP contribution in [0.1, 0.15) is 54.5 Å². The Morgan fingerprint density at radius 2 is 1.88 bits per heavy atom. The summed E-state index contributed by atoms with van der Waals surface area (Å²) >= 11 is 0. The summed E-state index contributed by atoms with van der Waals surface area (Å²) in [6.07, 6.45) is 1.70. The first-order chi connectivity index (χ1) is 23.1. The van der Waals surface area contributed by atoms with Crippen molar-refractivity contribution in [2.45, 2.75) is 64.3 Å². The molecule has 2 aliphatic heterocycles. The third kappa shape index (κ3) is 6.89. The molecule has 0 spiro atoms. The normalized spacial score (nSPS) is 16.4. The molecule has 0 aliphatic carbocycles. The number of esters is 1.